The lowest BCUT2D eigenvalue weighted by atomic mass is 10.1. The van der Waals surface area contributed by atoms with E-state index in [1.807, 2.05) is 0 Å². The Hall–Kier alpha value is -1.92. The smallest absolute Gasteiger partial charge is 0.251 e. The van der Waals surface area contributed by atoms with Gasteiger partial charge in [0.05, 0.1) is 13.2 Å². The molecule has 0 unspecified atom stereocenters. The third kappa shape index (κ3) is 5.81. The molecule has 0 N–H and O–H groups in total. The number of aromatic nitrogens is 3. The minimum Gasteiger partial charge on any atom is -0.251 e. The molecule has 0 fully saturated rings. The van der Waals surface area contributed by atoms with Gasteiger partial charge in [-0.05, 0) is 33.6 Å². The van der Waals surface area contributed by atoms with E-state index < -0.39 is 22.6 Å². The van der Waals surface area contributed by atoms with Crippen LogP contribution in [0.25, 0.3) is 0 Å². The monoisotopic (exact) mass is 369 g/mol. The van der Waals surface area contributed by atoms with Crippen LogP contribution in [0.2, 0.25) is 0 Å². The molecule has 1 aromatic rings. The highest BCUT2D eigenvalue weighted by Crippen LogP contribution is 2.08. The SMILES string of the molecule is C=CCn1c(=O)n(CCCCCCCCCF)c(=O)n(C(C)(C)C)c1=O. The molecule has 1 aromatic heterocycles. The Kier molecular flexibility index (Phi) is 8.75. The van der Waals surface area contributed by atoms with E-state index in [2.05, 4.69) is 6.58 Å². The molecular formula is C19H32FN3O3. The zero-order valence-corrected chi connectivity index (χ0v) is 16.3. The molecule has 0 radical (unpaired) electrons. The first kappa shape index (κ1) is 22.1. The van der Waals surface area contributed by atoms with E-state index >= 15 is 0 Å². The van der Waals surface area contributed by atoms with Gasteiger partial charge in [0, 0.05) is 12.1 Å². The maximum atomic E-state index is 12.7. The van der Waals surface area contributed by atoms with Crippen molar-refractivity contribution in [2.75, 3.05) is 6.67 Å². The van der Waals surface area contributed by atoms with E-state index in [1.165, 1.54) is 6.08 Å². The second-order valence-corrected chi connectivity index (χ2v) is 7.57. The molecule has 0 aliphatic rings. The van der Waals surface area contributed by atoms with Gasteiger partial charge in [-0.25, -0.2) is 28.1 Å². The van der Waals surface area contributed by atoms with Gasteiger partial charge in [0.25, 0.3) is 0 Å². The van der Waals surface area contributed by atoms with Gasteiger partial charge in [0.2, 0.25) is 0 Å². The summed E-state index contributed by atoms with van der Waals surface area (Å²) in [6.07, 6.45) is 7.59. The maximum absolute atomic E-state index is 12.7. The van der Waals surface area contributed by atoms with E-state index in [0.29, 0.717) is 12.8 Å². The van der Waals surface area contributed by atoms with Crippen molar-refractivity contribution >= 4 is 0 Å². The molecule has 0 saturated carbocycles. The fourth-order valence-electron chi connectivity index (χ4n) is 2.93. The number of alkyl halides is 1. The number of rotatable bonds is 11. The molecule has 7 heteroatoms. The molecule has 1 heterocycles. The first-order valence-corrected chi connectivity index (χ1v) is 9.39. The first-order valence-electron chi connectivity index (χ1n) is 9.39. The topological polar surface area (TPSA) is 66.0 Å². The molecule has 148 valence electrons. The Labute approximate surface area is 154 Å². The highest BCUT2D eigenvalue weighted by Gasteiger charge is 2.23. The van der Waals surface area contributed by atoms with Gasteiger partial charge in [-0.1, -0.05) is 38.2 Å². The van der Waals surface area contributed by atoms with Crippen LogP contribution in [-0.2, 0) is 18.6 Å². The summed E-state index contributed by atoms with van der Waals surface area (Å²) in [5.41, 5.74) is -2.46. The molecule has 0 aliphatic carbocycles. The van der Waals surface area contributed by atoms with E-state index in [-0.39, 0.29) is 19.8 Å². The predicted octanol–water partition coefficient (Wildman–Crippen LogP) is 2.81. The summed E-state index contributed by atoms with van der Waals surface area (Å²) < 4.78 is 15.4. The van der Waals surface area contributed by atoms with Crippen molar-refractivity contribution in [2.45, 2.75) is 84.3 Å². The Morgan fingerprint density at radius 3 is 1.85 bits per heavy atom. The van der Waals surface area contributed by atoms with Crippen LogP contribution in [0, 0.1) is 0 Å². The summed E-state index contributed by atoms with van der Waals surface area (Å²) in [6, 6.07) is 0. The van der Waals surface area contributed by atoms with Gasteiger partial charge in [0.1, 0.15) is 0 Å². The molecule has 0 amide bonds. The number of unbranched alkanes of at least 4 members (excludes halogenated alkanes) is 6. The van der Waals surface area contributed by atoms with Crippen LogP contribution in [0.1, 0.15) is 65.7 Å². The van der Waals surface area contributed by atoms with E-state index in [9.17, 15) is 18.8 Å². The van der Waals surface area contributed by atoms with Crippen LogP contribution in [-0.4, -0.2) is 20.4 Å². The Morgan fingerprint density at radius 2 is 1.35 bits per heavy atom. The van der Waals surface area contributed by atoms with Crippen molar-refractivity contribution in [1.82, 2.24) is 13.7 Å². The fourth-order valence-corrected chi connectivity index (χ4v) is 2.93. The lowest BCUT2D eigenvalue weighted by molar-refractivity contribution is 0.321. The van der Waals surface area contributed by atoms with Crippen LogP contribution in [0.15, 0.2) is 27.0 Å². The summed E-state index contributed by atoms with van der Waals surface area (Å²) in [6.45, 7) is 8.97. The Bertz CT molecular complexity index is 753. The van der Waals surface area contributed by atoms with E-state index in [4.69, 9.17) is 0 Å². The lowest BCUT2D eigenvalue weighted by Gasteiger charge is -2.23. The Balaban J connectivity index is 2.93. The van der Waals surface area contributed by atoms with E-state index in [0.717, 1.165) is 45.8 Å². The molecule has 0 aliphatic heterocycles. The van der Waals surface area contributed by atoms with Crippen LogP contribution in [0.5, 0.6) is 0 Å². The average Bonchev–Trinajstić information content (AvgIpc) is 2.55. The molecule has 6 nitrogen and oxygen atoms in total. The van der Waals surface area contributed by atoms with Gasteiger partial charge >= 0.3 is 17.1 Å². The molecule has 26 heavy (non-hydrogen) atoms. The van der Waals surface area contributed by atoms with Gasteiger partial charge in [-0.15, -0.1) is 6.58 Å². The molecule has 0 atom stereocenters. The molecule has 0 bridgehead atoms. The van der Waals surface area contributed by atoms with Crippen molar-refractivity contribution < 1.29 is 4.39 Å². The molecular weight excluding hydrogens is 337 g/mol. The minimum atomic E-state index is -0.719. The highest BCUT2D eigenvalue weighted by molar-refractivity contribution is 4.87. The van der Waals surface area contributed by atoms with Crippen LogP contribution in [0.3, 0.4) is 0 Å². The second-order valence-electron chi connectivity index (χ2n) is 7.57. The van der Waals surface area contributed by atoms with Gasteiger partial charge in [-0.2, -0.15) is 0 Å². The summed E-state index contributed by atoms with van der Waals surface area (Å²) >= 11 is 0. The van der Waals surface area contributed by atoms with Crippen molar-refractivity contribution in [3.63, 3.8) is 0 Å². The minimum absolute atomic E-state index is 0.0720. The van der Waals surface area contributed by atoms with Crippen LogP contribution in [0.4, 0.5) is 4.39 Å². The molecule has 1 rings (SSSR count). The quantitative estimate of drug-likeness (QED) is 0.445. The molecule has 0 spiro atoms. The largest absolute Gasteiger partial charge is 0.337 e. The third-order valence-electron chi connectivity index (χ3n) is 4.30. The van der Waals surface area contributed by atoms with Crippen molar-refractivity contribution in [3.8, 4) is 0 Å². The van der Waals surface area contributed by atoms with E-state index in [1.54, 1.807) is 20.8 Å². The summed E-state index contributed by atoms with van der Waals surface area (Å²) in [5.74, 6) is 0. The molecule has 0 aromatic carbocycles. The van der Waals surface area contributed by atoms with Crippen LogP contribution < -0.4 is 17.1 Å². The fraction of sp³-hybridized carbons (Fsp3) is 0.737. The van der Waals surface area contributed by atoms with Gasteiger partial charge in [-0.3, -0.25) is 4.39 Å². The zero-order valence-electron chi connectivity index (χ0n) is 16.3. The number of allylic oxidation sites excluding steroid dienone is 1. The zero-order chi connectivity index (χ0) is 19.7. The second kappa shape index (κ2) is 10.3. The van der Waals surface area contributed by atoms with Crippen molar-refractivity contribution in [1.29, 1.82) is 0 Å². The van der Waals surface area contributed by atoms with Gasteiger partial charge < -0.3 is 0 Å². The highest BCUT2D eigenvalue weighted by atomic mass is 19.1. The van der Waals surface area contributed by atoms with Crippen molar-refractivity contribution in [3.05, 3.63) is 44.1 Å². The average molecular weight is 369 g/mol. The van der Waals surface area contributed by atoms with Crippen LogP contribution >= 0.6 is 0 Å². The first-order chi connectivity index (χ1) is 12.3. The summed E-state index contributed by atoms with van der Waals surface area (Å²) in [5, 5.41) is 0. The maximum Gasteiger partial charge on any atom is 0.337 e. The summed E-state index contributed by atoms with van der Waals surface area (Å²) in [4.78, 5) is 37.8. The normalized spacial score (nSPS) is 11.7. The predicted molar refractivity (Wildman–Crippen MR) is 103 cm³/mol. The number of nitrogens with zero attached hydrogens (tertiary/aromatic N) is 3. The number of hydrogen-bond donors (Lipinski definition) is 0. The lowest BCUT2D eigenvalue weighted by Crippen LogP contribution is -2.58. The summed E-state index contributed by atoms with van der Waals surface area (Å²) in [7, 11) is 0. The number of halogens is 1. The number of hydrogen-bond acceptors (Lipinski definition) is 3. The third-order valence-corrected chi connectivity index (χ3v) is 4.30. The molecule has 0 saturated heterocycles. The van der Waals surface area contributed by atoms with Gasteiger partial charge in [0.15, 0.2) is 0 Å². The van der Waals surface area contributed by atoms with Crippen molar-refractivity contribution in [2.24, 2.45) is 0 Å². The standard InChI is InChI=1S/C19H32FN3O3/c1-5-14-21-16(24)22(15-12-10-8-6-7-9-11-13-20)18(26)23(17(21)25)19(2,3)4/h5H,1,6-15H2,2-4H3. The Morgan fingerprint density at radius 1 is 0.846 bits per heavy atom.